The van der Waals surface area contributed by atoms with E-state index in [1.54, 1.807) is 22.7 Å². The molecule has 1 aromatic carbocycles. The van der Waals surface area contributed by atoms with Crippen molar-refractivity contribution in [2.75, 3.05) is 36.4 Å². The van der Waals surface area contributed by atoms with Crippen molar-refractivity contribution < 1.29 is 4.79 Å². The monoisotopic (exact) mass is 373 g/mol. The van der Waals surface area contributed by atoms with Gasteiger partial charge in [-0.3, -0.25) is 4.79 Å². The van der Waals surface area contributed by atoms with E-state index in [2.05, 4.69) is 20.2 Å². The van der Waals surface area contributed by atoms with E-state index in [1.165, 1.54) is 0 Å². The van der Waals surface area contributed by atoms with Gasteiger partial charge in [0.2, 0.25) is 5.91 Å². The molecule has 1 aliphatic rings. The van der Waals surface area contributed by atoms with Crippen molar-refractivity contribution in [3.63, 3.8) is 0 Å². The number of nitrogens with zero attached hydrogens (tertiary/aromatic N) is 4. The molecule has 4 rings (SSSR count). The van der Waals surface area contributed by atoms with Gasteiger partial charge in [-0.15, -0.1) is 11.3 Å². The minimum atomic E-state index is -0.285. The summed E-state index contributed by atoms with van der Waals surface area (Å²) in [6.07, 6.45) is 1.82. The highest BCUT2D eigenvalue weighted by molar-refractivity contribution is 7.22. The van der Waals surface area contributed by atoms with Gasteiger partial charge < -0.3 is 15.1 Å². The first-order chi connectivity index (χ1) is 12.2. The molecule has 1 saturated heterocycles. The SMILES string of the molecule is CC(Nc1nc2ccccc2s1)C(=O)N1CCN(c2nccs2)CC1. The second kappa shape index (κ2) is 6.97. The van der Waals surface area contributed by atoms with E-state index in [0.29, 0.717) is 0 Å². The Hall–Kier alpha value is -2.19. The van der Waals surface area contributed by atoms with Crippen LogP contribution in [-0.2, 0) is 4.79 Å². The maximum absolute atomic E-state index is 12.7. The number of nitrogens with one attached hydrogen (secondary N) is 1. The van der Waals surface area contributed by atoms with Gasteiger partial charge in [-0.25, -0.2) is 9.97 Å². The summed E-state index contributed by atoms with van der Waals surface area (Å²) in [6, 6.07) is 7.72. The van der Waals surface area contributed by atoms with Crippen LogP contribution in [-0.4, -0.2) is 53.0 Å². The van der Waals surface area contributed by atoms with Crippen molar-refractivity contribution in [3.8, 4) is 0 Å². The molecular weight excluding hydrogens is 354 g/mol. The quantitative estimate of drug-likeness (QED) is 0.762. The Kier molecular flexibility index (Phi) is 4.54. The third-order valence-electron chi connectivity index (χ3n) is 4.29. The lowest BCUT2D eigenvalue weighted by Crippen LogP contribution is -2.52. The smallest absolute Gasteiger partial charge is 0.244 e. The largest absolute Gasteiger partial charge is 0.350 e. The summed E-state index contributed by atoms with van der Waals surface area (Å²) in [5.74, 6) is 0.123. The Morgan fingerprint density at radius 1 is 1.24 bits per heavy atom. The van der Waals surface area contributed by atoms with Crippen LogP contribution in [0, 0.1) is 0 Å². The number of carbonyl (C=O) groups is 1. The molecule has 1 fully saturated rings. The van der Waals surface area contributed by atoms with Gasteiger partial charge in [0.05, 0.1) is 10.2 Å². The van der Waals surface area contributed by atoms with Gasteiger partial charge in [0.25, 0.3) is 0 Å². The zero-order valence-corrected chi connectivity index (χ0v) is 15.5. The first-order valence-corrected chi connectivity index (χ1v) is 9.95. The minimum absolute atomic E-state index is 0.123. The van der Waals surface area contributed by atoms with E-state index in [0.717, 1.165) is 46.7 Å². The highest BCUT2D eigenvalue weighted by Gasteiger charge is 2.26. The van der Waals surface area contributed by atoms with Crippen LogP contribution < -0.4 is 10.2 Å². The van der Waals surface area contributed by atoms with Crippen molar-refractivity contribution in [2.45, 2.75) is 13.0 Å². The molecule has 0 radical (unpaired) electrons. The lowest BCUT2D eigenvalue weighted by atomic mass is 10.2. The van der Waals surface area contributed by atoms with Crippen LogP contribution in [0.4, 0.5) is 10.3 Å². The van der Waals surface area contributed by atoms with Gasteiger partial charge in [-0.05, 0) is 19.1 Å². The number of aromatic nitrogens is 2. The molecular formula is C17H19N5OS2. The number of rotatable bonds is 4. The molecule has 8 heteroatoms. The number of fused-ring (bicyclic) bond motifs is 1. The topological polar surface area (TPSA) is 61.4 Å². The lowest BCUT2D eigenvalue weighted by molar-refractivity contribution is -0.131. The first kappa shape index (κ1) is 16.3. The van der Waals surface area contributed by atoms with Crippen molar-refractivity contribution in [1.82, 2.24) is 14.9 Å². The van der Waals surface area contributed by atoms with E-state index in [4.69, 9.17) is 0 Å². The minimum Gasteiger partial charge on any atom is -0.350 e. The fourth-order valence-electron chi connectivity index (χ4n) is 2.94. The van der Waals surface area contributed by atoms with E-state index in [9.17, 15) is 4.79 Å². The molecule has 6 nitrogen and oxygen atoms in total. The molecule has 1 amide bonds. The second-order valence-electron chi connectivity index (χ2n) is 5.98. The van der Waals surface area contributed by atoms with Gasteiger partial charge in [0.1, 0.15) is 6.04 Å². The normalized spacial score (nSPS) is 16.2. The molecule has 0 aliphatic carbocycles. The molecule has 0 bridgehead atoms. The fraction of sp³-hybridized carbons (Fsp3) is 0.353. The lowest BCUT2D eigenvalue weighted by Gasteiger charge is -2.35. The molecule has 2 aromatic heterocycles. The molecule has 1 N–H and O–H groups in total. The van der Waals surface area contributed by atoms with Crippen LogP contribution in [0.3, 0.4) is 0 Å². The standard InChI is InChI=1S/C17H19N5OS2/c1-12(19-16-20-13-4-2-3-5-14(13)25-16)15(23)21-7-9-22(10-8-21)17-18-6-11-24-17/h2-6,11-12H,7-10H2,1H3,(H,19,20). The van der Waals surface area contributed by atoms with Crippen molar-refractivity contribution in [3.05, 3.63) is 35.8 Å². The second-order valence-corrected chi connectivity index (χ2v) is 7.88. The third kappa shape index (κ3) is 3.45. The average Bonchev–Trinajstić information content (AvgIpc) is 3.30. The number of amides is 1. The number of benzene rings is 1. The number of hydrogen-bond donors (Lipinski definition) is 1. The maximum Gasteiger partial charge on any atom is 0.244 e. The zero-order chi connectivity index (χ0) is 17.2. The summed E-state index contributed by atoms with van der Waals surface area (Å²) in [5, 5.41) is 7.07. The van der Waals surface area contributed by atoms with Crippen molar-refractivity contribution in [2.24, 2.45) is 0 Å². The summed E-state index contributed by atoms with van der Waals surface area (Å²) >= 11 is 3.22. The summed E-state index contributed by atoms with van der Waals surface area (Å²) in [5.41, 5.74) is 0.965. The van der Waals surface area contributed by atoms with Crippen LogP contribution in [0.2, 0.25) is 0 Å². The Labute approximate surface area is 154 Å². The van der Waals surface area contributed by atoms with Gasteiger partial charge in [-0.1, -0.05) is 23.5 Å². The number of piperazine rings is 1. The van der Waals surface area contributed by atoms with E-state index in [-0.39, 0.29) is 11.9 Å². The number of anilines is 2. The van der Waals surface area contributed by atoms with Crippen LogP contribution in [0.15, 0.2) is 35.8 Å². The van der Waals surface area contributed by atoms with E-state index in [1.807, 2.05) is 47.7 Å². The highest BCUT2D eigenvalue weighted by atomic mass is 32.1. The predicted molar refractivity (Wildman–Crippen MR) is 104 cm³/mol. The zero-order valence-electron chi connectivity index (χ0n) is 13.9. The molecule has 1 atom stereocenters. The molecule has 130 valence electrons. The van der Waals surface area contributed by atoms with E-state index < -0.39 is 0 Å². The number of thiazole rings is 2. The summed E-state index contributed by atoms with van der Waals surface area (Å²) < 4.78 is 1.13. The van der Waals surface area contributed by atoms with Crippen LogP contribution in [0.5, 0.6) is 0 Å². The Balaban J connectivity index is 1.36. The van der Waals surface area contributed by atoms with Gasteiger partial charge in [0, 0.05) is 37.8 Å². The molecule has 1 unspecified atom stereocenters. The first-order valence-electron chi connectivity index (χ1n) is 8.26. The van der Waals surface area contributed by atoms with Gasteiger partial charge >= 0.3 is 0 Å². The summed E-state index contributed by atoms with van der Waals surface area (Å²) in [7, 11) is 0. The Bertz CT molecular complexity index is 822. The Morgan fingerprint density at radius 2 is 2.04 bits per heavy atom. The predicted octanol–water partition coefficient (Wildman–Crippen LogP) is 2.90. The molecule has 25 heavy (non-hydrogen) atoms. The molecule has 3 aromatic rings. The maximum atomic E-state index is 12.7. The fourth-order valence-corrected chi connectivity index (χ4v) is 4.59. The van der Waals surface area contributed by atoms with Crippen molar-refractivity contribution in [1.29, 1.82) is 0 Å². The molecule has 3 heterocycles. The molecule has 0 saturated carbocycles. The van der Waals surface area contributed by atoms with Gasteiger partial charge in [-0.2, -0.15) is 0 Å². The third-order valence-corrected chi connectivity index (χ3v) is 6.09. The van der Waals surface area contributed by atoms with Crippen LogP contribution in [0.25, 0.3) is 10.2 Å². The van der Waals surface area contributed by atoms with Crippen LogP contribution >= 0.6 is 22.7 Å². The summed E-state index contributed by atoms with van der Waals surface area (Å²) in [6.45, 7) is 5.01. The summed E-state index contributed by atoms with van der Waals surface area (Å²) in [4.78, 5) is 25.8. The number of hydrogen-bond acceptors (Lipinski definition) is 7. The van der Waals surface area contributed by atoms with Crippen molar-refractivity contribution >= 4 is 49.1 Å². The molecule has 0 spiro atoms. The van der Waals surface area contributed by atoms with Crippen LogP contribution in [0.1, 0.15) is 6.92 Å². The molecule has 1 aliphatic heterocycles. The highest BCUT2D eigenvalue weighted by Crippen LogP contribution is 2.26. The number of carbonyl (C=O) groups excluding carboxylic acids is 1. The Morgan fingerprint density at radius 3 is 2.76 bits per heavy atom. The average molecular weight is 374 g/mol. The van der Waals surface area contributed by atoms with E-state index >= 15 is 0 Å². The van der Waals surface area contributed by atoms with Gasteiger partial charge in [0.15, 0.2) is 10.3 Å². The number of para-hydroxylation sites is 1.